The van der Waals surface area contributed by atoms with Crippen molar-refractivity contribution in [2.75, 3.05) is 26.3 Å². The molecule has 35 heavy (non-hydrogen) atoms. The van der Waals surface area contributed by atoms with Crippen molar-refractivity contribution in [2.24, 2.45) is 0 Å². The van der Waals surface area contributed by atoms with E-state index in [0.29, 0.717) is 13.2 Å². The second-order valence-corrected chi connectivity index (χ2v) is 9.88. The molecule has 1 fully saturated rings. The molecule has 2 N–H and O–H groups in total. The van der Waals surface area contributed by atoms with Gasteiger partial charge in [-0.3, -0.25) is 14.5 Å². The molecule has 1 aliphatic rings. The maximum absolute atomic E-state index is 13.1. The molecule has 14 heteroatoms. The molecule has 1 saturated heterocycles. The molecule has 0 saturated carbocycles. The first kappa shape index (κ1) is 25.0. The SMILES string of the molecule is O=C(NCc1n[nH]c(=S)n1-c1cccc(C(F)(F)F)c1)c1ccc(S(=O)(=O)N2CCOCC2)cc1. The molecule has 9 nitrogen and oxygen atoms in total. The zero-order valence-electron chi connectivity index (χ0n) is 18.1. The molecule has 0 radical (unpaired) electrons. The van der Waals surface area contributed by atoms with E-state index in [1.54, 1.807) is 0 Å². The summed E-state index contributed by atoms with van der Waals surface area (Å²) in [6.45, 7) is 1.00. The molecule has 4 rings (SSSR count). The van der Waals surface area contributed by atoms with Gasteiger partial charge in [0.05, 0.1) is 35.9 Å². The van der Waals surface area contributed by atoms with Crippen molar-refractivity contribution in [1.29, 1.82) is 0 Å². The van der Waals surface area contributed by atoms with Crippen molar-refractivity contribution in [2.45, 2.75) is 17.6 Å². The minimum Gasteiger partial charge on any atom is -0.379 e. The Balaban J connectivity index is 1.48. The second-order valence-electron chi connectivity index (χ2n) is 7.55. The zero-order chi connectivity index (χ0) is 25.2. The molecule has 0 spiro atoms. The number of nitrogens with zero attached hydrogens (tertiary/aromatic N) is 3. The Morgan fingerprint density at radius 1 is 1.14 bits per heavy atom. The molecule has 0 bridgehead atoms. The summed E-state index contributed by atoms with van der Waals surface area (Å²) in [5.74, 6) is -0.334. The number of amides is 1. The van der Waals surface area contributed by atoms with Crippen molar-refractivity contribution in [3.8, 4) is 5.69 Å². The van der Waals surface area contributed by atoms with Gasteiger partial charge in [-0.1, -0.05) is 6.07 Å². The summed E-state index contributed by atoms with van der Waals surface area (Å²) in [6, 6.07) is 10.0. The highest BCUT2D eigenvalue weighted by molar-refractivity contribution is 7.89. The molecule has 0 aliphatic carbocycles. The van der Waals surface area contributed by atoms with Crippen LogP contribution in [0.25, 0.3) is 5.69 Å². The number of carbonyl (C=O) groups is 1. The third kappa shape index (κ3) is 5.45. The first-order valence-electron chi connectivity index (χ1n) is 10.4. The molecule has 1 amide bonds. The number of H-pyrrole nitrogens is 1. The van der Waals surface area contributed by atoms with Gasteiger partial charge in [0.25, 0.3) is 5.91 Å². The van der Waals surface area contributed by atoms with Crippen molar-refractivity contribution < 1.29 is 31.1 Å². The summed E-state index contributed by atoms with van der Waals surface area (Å²) in [7, 11) is -3.69. The van der Waals surface area contributed by atoms with Crippen LogP contribution in [0.5, 0.6) is 0 Å². The third-order valence-electron chi connectivity index (χ3n) is 5.30. The van der Waals surface area contributed by atoms with E-state index in [0.717, 1.165) is 12.1 Å². The van der Waals surface area contributed by atoms with Crippen molar-refractivity contribution in [3.05, 3.63) is 70.3 Å². The molecule has 2 heterocycles. The number of alkyl halides is 3. The maximum Gasteiger partial charge on any atom is 0.416 e. The van der Waals surface area contributed by atoms with E-state index in [-0.39, 0.29) is 46.4 Å². The maximum atomic E-state index is 13.1. The van der Waals surface area contributed by atoms with Gasteiger partial charge < -0.3 is 10.1 Å². The third-order valence-corrected chi connectivity index (χ3v) is 7.49. The van der Waals surface area contributed by atoms with E-state index < -0.39 is 27.7 Å². The number of ether oxygens (including phenoxy) is 1. The Bertz CT molecular complexity index is 1380. The van der Waals surface area contributed by atoms with Gasteiger partial charge in [0.1, 0.15) is 0 Å². The molecule has 3 aromatic rings. The van der Waals surface area contributed by atoms with E-state index in [4.69, 9.17) is 17.0 Å². The highest BCUT2D eigenvalue weighted by Gasteiger charge is 2.31. The van der Waals surface area contributed by atoms with Gasteiger partial charge >= 0.3 is 6.18 Å². The number of sulfonamides is 1. The minimum atomic E-state index is -4.53. The number of halogens is 3. The van der Waals surface area contributed by atoms with Crippen molar-refractivity contribution >= 4 is 28.1 Å². The summed E-state index contributed by atoms with van der Waals surface area (Å²) in [4.78, 5) is 12.7. The lowest BCUT2D eigenvalue weighted by Crippen LogP contribution is -2.40. The fourth-order valence-corrected chi connectivity index (χ4v) is 5.18. The first-order valence-corrected chi connectivity index (χ1v) is 12.2. The normalized spacial score (nSPS) is 15.2. The van der Waals surface area contributed by atoms with E-state index in [1.165, 1.54) is 45.3 Å². The number of carbonyl (C=O) groups excluding carboxylic acids is 1. The quantitative estimate of drug-likeness (QED) is 0.478. The van der Waals surface area contributed by atoms with Crippen LogP contribution in [-0.4, -0.2) is 59.7 Å². The number of nitrogens with one attached hydrogen (secondary N) is 2. The van der Waals surface area contributed by atoms with Crippen molar-refractivity contribution in [1.82, 2.24) is 24.4 Å². The van der Waals surface area contributed by atoms with Crippen LogP contribution in [-0.2, 0) is 27.5 Å². The highest BCUT2D eigenvalue weighted by atomic mass is 32.2. The van der Waals surface area contributed by atoms with E-state index in [9.17, 15) is 26.4 Å². The van der Waals surface area contributed by atoms with Gasteiger partial charge in [-0.05, 0) is 54.7 Å². The fourth-order valence-electron chi connectivity index (χ4n) is 3.51. The summed E-state index contributed by atoms with van der Waals surface area (Å²) >= 11 is 5.15. The first-order chi connectivity index (χ1) is 16.6. The number of hydrogen-bond donors (Lipinski definition) is 2. The molecular formula is C21H20F3N5O4S2. The summed E-state index contributed by atoms with van der Waals surface area (Å²) in [5, 5.41) is 9.14. The van der Waals surface area contributed by atoms with Crippen LogP contribution < -0.4 is 5.32 Å². The van der Waals surface area contributed by atoms with Gasteiger partial charge in [-0.2, -0.15) is 22.6 Å². The molecule has 0 atom stereocenters. The lowest BCUT2D eigenvalue weighted by atomic mass is 10.2. The van der Waals surface area contributed by atoms with Crippen LogP contribution in [0.3, 0.4) is 0 Å². The number of hydrogen-bond acceptors (Lipinski definition) is 6. The molecule has 0 unspecified atom stereocenters. The molecule has 1 aliphatic heterocycles. The molecule has 186 valence electrons. The van der Waals surface area contributed by atoms with Crippen molar-refractivity contribution in [3.63, 3.8) is 0 Å². The van der Waals surface area contributed by atoms with Crippen LogP contribution in [0.2, 0.25) is 0 Å². The van der Waals surface area contributed by atoms with E-state index >= 15 is 0 Å². The Morgan fingerprint density at radius 2 is 1.83 bits per heavy atom. The predicted molar refractivity (Wildman–Crippen MR) is 121 cm³/mol. The van der Waals surface area contributed by atoms with Gasteiger partial charge in [-0.25, -0.2) is 8.42 Å². The highest BCUT2D eigenvalue weighted by Crippen LogP contribution is 2.30. The number of benzene rings is 2. The van der Waals surface area contributed by atoms with E-state index in [2.05, 4.69) is 15.5 Å². The average molecular weight is 528 g/mol. The summed E-state index contributed by atoms with van der Waals surface area (Å²) in [5.41, 5.74) is -0.508. The number of aromatic nitrogens is 3. The lowest BCUT2D eigenvalue weighted by Gasteiger charge is -2.26. The average Bonchev–Trinajstić information content (AvgIpc) is 3.23. The number of morpholine rings is 1. The van der Waals surface area contributed by atoms with Gasteiger partial charge in [0.2, 0.25) is 10.0 Å². The number of rotatable bonds is 6. The van der Waals surface area contributed by atoms with E-state index in [1.807, 2.05) is 0 Å². The fraction of sp³-hybridized carbons (Fsp3) is 0.286. The largest absolute Gasteiger partial charge is 0.416 e. The minimum absolute atomic E-state index is 0.0568. The van der Waals surface area contributed by atoms with Gasteiger partial charge in [-0.15, -0.1) is 0 Å². The molecule has 2 aromatic carbocycles. The lowest BCUT2D eigenvalue weighted by molar-refractivity contribution is -0.137. The predicted octanol–water partition coefficient (Wildman–Crippen LogP) is 2.90. The Labute approximate surface area is 203 Å². The second kappa shape index (κ2) is 9.89. The zero-order valence-corrected chi connectivity index (χ0v) is 19.7. The Hall–Kier alpha value is -3.07. The molecular weight excluding hydrogens is 507 g/mol. The monoisotopic (exact) mass is 527 g/mol. The topological polar surface area (TPSA) is 109 Å². The van der Waals surface area contributed by atoms with Crippen LogP contribution in [0.4, 0.5) is 13.2 Å². The van der Waals surface area contributed by atoms with Crippen LogP contribution >= 0.6 is 12.2 Å². The standard InChI is InChI=1S/C21H20F3N5O4S2/c22-21(23,24)15-2-1-3-16(12-15)29-18(26-27-20(29)34)13-25-19(30)14-4-6-17(7-5-14)35(31,32)28-8-10-33-11-9-28/h1-7,12H,8-11,13H2,(H,25,30)(H,27,34). The Kier molecular flexibility index (Phi) is 7.07. The smallest absolute Gasteiger partial charge is 0.379 e. The van der Waals surface area contributed by atoms with Crippen LogP contribution in [0.15, 0.2) is 53.4 Å². The molecule has 1 aromatic heterocycles. The van der Waals surface area contributed by atoms with Gasteiger partial charge in [0.15, 0.2) is 10.6 Å². The summed E-state index contributed by atoms with van der Waals surface area (Å²) in [6.07, 6.45) is -4.53. The summed E-state index contributed by atoms with van der Waals surface area (Å²) < 4.78 is 72.6. The van der Waals surface area contributed by atoms with Crippen LogP contribution in [0.1, 0.15) is 21.7 Å². The van der Waals surface area contributed by atoms with Gasteiger partial charge in [0, 0.05) is 18.7 Å². The number of aromatic amines is 1. The van der Waals surface area contributed by atoms with Crippen LogP contribution in [0, 0.1) is 4.77 Å². The Morgan fingerprint density at radius 3 is 2.49 bits per heavy atom.